The Hall–Kier alpha value is -4.40. The summed E-state index contributed by atoms with van der Waals surface area (Å²) in [6.07, 6.45) is 3.01. The van der Waals surface area contributed by atoms with Crippen LogP contribution in [0.2, 0.25) is 0 Å². The Morgan fingerprint density at radius 3 is 2.47 bits per heavy atom. The quantitative estimate of drug-likeness (QED) is 0.354. The van der Waals surface area contributed by atoms with E-state index in [1.54, 1.807) is 27.7 Å². The third-order valence-corrected chi connectivity index (χ3v) is 8.66. The SMILES string of the molecule is C=CCN1C(=O)NC(c2ccc(C)cc2C)C2=C1CN(C(Cc1ccccc1)C(=O)N1CCC(C(=O)OCC)CC1)C2=O. The summed E-state index contributed by atoms with van der Waals surface area (Å²) in [5.41, 5.74) is 4.94. The van der Waals surface area contributed by atoms with Gasteiger partial charge in [0.05, 0.1) is 36.4 Å². The number of nitrogens with zero attached hydrogens (tertiary/aromatic N) is 3. The monoisotopic (exact) mass is 584 g/mol. The molecular formula is C34H40N4O5. The van der Waals surface area contributed by atoms with Crippen molar-refractivity contribution in [3.8, 4) is 0 Å². The topological polar surface area (TPSA) is 99.3 Å². The number of hydrogen-bond donors (Lipinski definition) is 1. The molecule has 226 valence electrons. The minimum absolute atomic E-state index is 0.138. The molecule has 3 heterocycles. The Balaban J connectivity index is 1.48. The highest BCUT2D eigenvalue weighted by Gasteiger charge is 2.48. The molecule has 9 nitrogen and oxygen atoms in total. The van der Waals surface area contributed by atoms with Crippen molar-refractivity contribution in [3.63, 3.8) is 0 Å². The van der Waals surface area contributed by atoms with Crippen LogP contribution < -0.4 is 5.32 Å². The first-order valence-electron chi connectivity index (χ1n) is 15.0. The molecule has 0 aromatic heterocycles. The van der Waals surface area contributed by atoms with Gasteiger partial charge in [0.2, 0.25) is 5.91 Å². The van der Waals surface area contributed by atoms with Crippen LogP contribution in [0, 0.1) is 19.8 Å². The first-order valence-corrected chi connectivity index (χ1v) is 15.0. The molecule has 0 radical (unpaired) electrons. The summed E-state index contributed by atoms with van der Waals surface area (Å²) in [5.74, 6) is -0.873. The van der Waals surface area contributed by atoms with Gasteiger partial charge in [0, 0.05) is 26.1 Å². The van der Waals surface area contributed by atoms with Crippen LogP contribution in [-0.4, -0.2) is 77.3 Å². The van der Waals surface area contributed by atoms with Gasteiger partial charge >= 0.3 is 12.0 Å². The molecule has 5 rings (SSSR count). The van der Waals surface area contributed by atoms with E-state index in [2.05, 4.69) is 11.9 Å². The van der Waals surface area contributed by atoms with Crippen molar-refractivity contribution in [2.45, 2.75) is 52.1 Å². The Morgan fingerprint density at radius 2 is 1.81 bits per heavy atom. The van der Waals surface area contributed by atoms with E-state index >= 15 is 0 Å². The molecule has 9 heteroatoms. The zero-order chi connectivity index (χ0) is 30.7. The fourth-order valence-electron chi connectivity index (χ4n) is 6.44. The van der Waals surface area contributed by atoms with Gasteiger partial charge in [-0.1, -0.05) is 60.2 Å². The summed E-state index contributed by atoms with van der Waals surface area (Å²) in [7, 11) is 0. The number of carbonyl (C=O) groups excluding carboxylic acids is 4. The molecule has 3 aliphatic heterocycles. The van der Waals surface area contributed by atoms with E-state index in [0.717, 1.165) is 22.3 Å². The summed E-state index contributed by atoms with van der Waals surface area (Å²) >= 11 is 0. The van der Waals surface area contributed by atoms with Crippen molar-refractivity contribution in [1.29, 1.82) is 0 Å². The highest BCUT2D eigenvalue weighted by Crippen LogP contribution is 2.39. The number of likely N-dealkylation sites (tertiary alicyclic amines) is 1. The van der Waals surface area contributed by atoms with Crippen LogP contribution in [-0.2, 0) is 25.5 Å². The van der Waals surface area contributed by atoms with Gasteiger partial charge in [0.15, 0.2) is 0 Å². The van der Waals surface area contributed by atoms with Gasteiger partial charge in [0.25, 0.3) is 5.91 Å². The molecule has 1 fully saturated rings. The van der Waals surface area contributed by atoms with Crippen molar-refractivity contribution >= 4 is 23.8 Å². The third kappa shape index (κ3) is 6.07. The maximum absolute atomic E-state index is 14.4. The van der Waals surface area contributed by atoms with Crippen LogP contribution in [0.5, 0.6) is 0 Å². The number of benzene rings is 2. The molecule has 2 unspecified atom stereocenters. The number of rotatable bonds is 9. The average molecular weight is 585 g/mol. The van der Waals surface area contributed by atoms with Gasteiger partial charge in [-0.25, -0.2) is 4.79 Å². The number of esters is 1. The van der Waals surface area contributed by atoms with E-state index < -0.39 is 12.1 Å². The van der Waals surface area contributed by atoms with Crippen LogP contribution in [0.4, 0.5) is 4.79 Å². The van der Waals surface area contributed by atoms with Gasteiger partial charge in [-0.05, 0) is 50.3 Å². The molecule has 43 heavy (non-hydrogen) atoms. The van der Waals surface area contributed by atoms with Crippen molar-refractivity contribution in [2.75, 3.05) is 32.8 Å². The lowest BCUT2D eigenvalue weighted by Crippen LogP contribution is -2.53. The largest absolute Gasteiger partial charge is 0.466 e. The van der Waals surface area contributed by atoms with Crippen LogP contribution in [0.3, 0.4) is 0 Å². The average Bonchev–Trinajstić information content (AvgIpc) is 3.34. The summed E-state index contributed by atoms with van der Waals surface area (Å²) < 4.78 is 5.21. The molecule has 0 spiro atoms. The highest BCUT2D eigenvalue weighted by atomic mass is 16.5. The number of carbonyl (C=O) groups is 4. The molecule has 0 bridgehead atoms. The number of piperidine rings is 1. The zero-order valence-corrected chi connectivity index (χ0v) is 25.2. The minimum atomic E-state index is -0.778. The second-order valence-electron chi connectivity index (χ2n) is 11.5. The summed E-state index contributed by atoms with van der Waals surface area (Å²) in [5, 5.41) is 3.05. The number of hydrogen-bond acceptors (Lipinski definition) is 5. The molecule has 2 aromatic rings. The second-order valence-corrected chi connectivity index (χ2v) is 11.5. The molecular weight excluding hydrogens is 544 g/mol. The molecule has 1 saturated heterocycles. The second kappa shape index (κ2) is 12.9. The van der Waals surface area contributed by atoms with E-state index in [-0.39, 0.29) is 42.8 Å². The van der Waals surface area contributed by atoms with Crippen molar-refractivity contribution < 1.29 is 23.9 Å². The zero-order valence-electron chi connectivity index (χ0n) is 25.2. The number of amides is 4. The lowest BCUT2D eigenvalue weighted by atomic mass is 9.91. The van der Waals surface area contributed by atoms with E-state index in [0.29, 0.717) is 50.2 Å². The predicted molar refractivity (Wildman–Crippen MR) is 163 cm³/mol. The van der Waals surface area contributed by atoms with Gasteiger partial charge in [-0.3, -0.25) is 19.3 Å². The molecule has 2 aromatic carbocycles. The van der Waals surface area contributed by atoms with Crippen LogP contribution in [0.15, 0.2) is 72.5 Å². The van der Waals surface area contributed by atoms with Crippen LogP contribution in [0.25, 0.3) is 0 Å². The summed E-state index contributed by atoms with van der Waals surface area (Å²) in [6.45, 7) is 11.1. The predicted octanol–water partition coefficient (Wildman–Crippen LogP) is 4.07. The van der Waals surface area contributed by atoms with Gasteiger partial charge < -0.3 is 19.9 Å². The van der Waals surface area contributed by atoms with Gasteiger partial charge in [0.1, 0.15) is 6.04 Å². The van der Waals surface area contributed by atoms with E-state index in [1.165, 1.54) is 0 Å². The molecule has 4 amide bonds. The fourth-order valence-corrected chi connectivity index (χ4v) is 6.44. The van der Waals surface area contributed by atoms with Crippen molar-refractivity contribution in [2.24, 2.45) is 5.92 Å². The van der Waals surface area contributed by atoms with Gasteiger partial charge in [-0.15, -0.1) is 6.58 Å². The number of urea groups is 1. The molecule has 3 aliphatic rings. The minimum Gasteiger partial charge on any atom is -0.466 e. The first kappa shape index (κ1) is 30.1. The summed E-state index contributed by atoms with van der Waals surface area (Å²) in [6, 6.07) is 13.9. The Labute approximate surface area is 253 Å². The lowest BCUT2D eigenvalue weighted by molar-refractivity contribution is -0.152. The maximum Gasteiger partial charge on any atom is 0.322 e. The normalized spacial score (nSPS) is 19.7. The fraction of sp³-hybridized carbons (Fsp3) is 0.412. The number of aryl methyl sites for hydroxylation is 2. The number of nitrogens with one attached hydrogen (secondary N) is 1. The lowest BCUT2D eigenvalue weighted by Gasteiger charge is -2.36. The Morgan fingerprint density at radius 1 is 1.09 bits per heavy atom. The molecule has 0 saturated carbocycles. The Kier molecular flexibility index (Phi) is 8.99. The van der Waals surface area contributed by atoms with Crippen molar-refractivity contribution in [3.05, 3.63) is 94.7 Å². The van der Waals surface area contributed by atoms with E-state index in [4.69, 9.17) is 4.74 Å². The number of ether oxygens (including phenoxy) is 1. The maximum atomic E-state index is 14.4. The molecule has 2 atom stereocenters. The molecule has 0 aliphatic carbocycles. The molecule has 1 N–H and O–H groups in total. The van der Waals surface area contributed by atoms with E-state index in [1.807, 2.05) is 62.4 Å². The first-order chi connectivity index (χ1) is 20.7. The van der Waals surface area contributed by atoms with Crippen LogP contribution >= 0.6 is 0 Å². The summed E-state index contributed by atoms with van der Waals surface area (Å²) in [4.78, 5) is 59.3. The third-order valence-electron chi connectivity index (χ3n) is 8.66. The van der Waals surface area contributed by atoms with Gasteiger partial charge in [-0.2, -0.15) is 0 Å². The van der Waals surface area contributed by atoms with Crippen molar-refractivity contribution in [1.82, 2.24) is 20.0 Å². The highest BCUT2D eigenvalue weighted by molar-refractivity contribution is 6.03. The standard InChI is InChI=1S/C34H40N4O5/c1-5-16-37-28-21-38(32(40)29(28)30(35-34(37)42)26-13-12-22(3)19-23(26)4)27(20-24-10-8-7-9-11-24)31(39)36-17-14-25(15-18-36)33(41)43-6-2/h5,7-13,19,25,27,30H,1,6,14-18,20-21H2,2-4H3,(H,35,42). The smallest absolute Gasteiger partial charge is 0.322 e. The Bertz CT molecular complexity index is 1440. The van der Waals surface area contributed by atoms with Crippen LogP contribution in [0.1, 0.15) is 48.1 Å². The van der Waals surface area contributed by atoms with E-state index in [9.17, 15) is 19.2 Å².